The normalized spacial score (nSPS) is 16.8. The minimum absolute atomic E-state index is 0.397. The summed E-state index contributed by atoms with van der Waals surface area (Å²) in [5.74, 6) is -0.305. The SMILES string of the molecule is O=C(O)O.O=C1Nc2ccc(C3CCC3)cc2C1=O. The molecule has 1 amide bonds. The van der Waals surface area contributed by atoms with Gasteiger partial charge in [0.1, 0.15) is 0 Å². The van der Waals surface area contributed by atoms with Crippen LogP contribution in [-0.2, 0) is 4.79 Å². The molecule has 0 bridgehead atoms. The van der Waals surface area contributed by atoms with Crippen LogP contribution < -0.4 is 5.32 Å². The fraction of sp³-hybridized carbons (Fsp3) is 0.308. The zero-order chi connectivity index (χ0) is 14.0. The smallest absolute Gasteiger partial charge is 0.450 e. The van der Waals surface area contributed by atoms with E-state index in [9.17, 15) is 9.59 Å². The lowest BCUT2D eigenvalue weighted by molar-refractivity contribution is -0.112. The van der Waals surface area contributed by atoms with Crippen LogP contribution in [0.2, 0.25) is 0 Å². The van der Waals surface area contributed by atoms with E-state index in [1.54, 1.807) is 0 Å². The van der Waals surface area contributed by atoms with Crippen LogP contribution in [0.1, 0.15) is 41.1 Å². The van der Waals surface area contributed by atoms with Gasteiger partial charge in [0.15, 0.2) is 0 Å². The highest BCUT2D eigenvalue weighted by Crippen LogP contribution is 2.38. The molecule has 1 fully saturated rings. The van der Waals surface area contributed by atoms with E-state index in [1.165, 1.54) is 24.8 Å². The lowest BCUT2D eigenvalue weighted by Gasteiger charge is -2.25. The van der Waals surface area contributed by atoms with Crippen LogP contribution in [0.15, 0.2) is 18.2 Å². The van der Waals surface area contributed by atoms with Crippen molar-refractivity contribution in [1.29, 1.82) is 0 Å². The Balaban J connectivity index is 0.000000297. The fourth-order valence-corrected chi connectivity index (χ4v) is 2.16. The Kier molecular flexibility index (Phi) is 3.50. The first kappa shape index (κ1) is 13.1. The van der Waals surface area contributed by atoms with Gasteiger partial charge in [-0.25, -0.2) is 4.79 Å². The summed E-state index contributed by atoms with van der Waals surface area (Å²) in [6.07, 6.45) is 1.84. The van der Waals surface area contributed by atoms with Crippen LogP contribution in [-0.4, -0.2) is 28.1 Å². The van der Waals surface area contributed by atoms with Crippen molar-refractivity contribution >= 4 is 23.5 Å². The summed E-state index contributed by atoms with van der Waals surface area (Å²) in [5.41, 5.74) is 2.40. The molecule has 1 aliphatic heterocycles. The highest BCUT2D eigenvalue weighted by Gasteiger charge is 2.29. The number of carboxylic acid groups (broad SMARTS) is 2. The molecule has 0 spiro atoms. The number of rotatable bonds is 1. The first-order chi connectivity index (χ1) is 8.99. The molecule has 6 nitrogen and oxygen atoms in total. The van der Waals surface area contributed by atoms with Gasteiger partial charge < -0.3 is 15.5 Å². The Morgan fingerprint density at radius 2 is 1.84 bits per heavy atom. The second-order valence-corrected chi connectivity index (χ2v) is 4.50. The zero-order valence-electron chi connectivity index (χ0n) is 10.0. The molecule has 2 aliphatic rings. The van der Waals surface area contributed by atoms with Crippen LogP contribution in [0.3, 0.4) is 0 Å². The first-order valence-electron chi connectivity index (χ1n) is 5.90. The number of fused-ring (bicyclic) bond motifs is 1. The zero-order valence-corrected chi connectivity index (χ0v) is 10.0. The number of carbonyl (C=O) groups excluding carboxylic acids is 2. The van der Waals surface area contributed by atoms with Crippen molar-refractivity contribution in [3.8, 4) is 0 Å². The standard InChI is InChI=1S/C12H11NO2.CH2O3/c14-11-9-6-8(7-2-1-3-7)4-5-10(9)13-12(11)15;2-1(3)4/h4-7H,1-3H2,(H,13,14,15);(H2,2,3,4). The van der Waals surface area contributed by atoms with E-state index in [4.69, 9.17) is 15.0 Å². The Labute approximate surface area is 109 Å². The molecule has 0 atom stereocenters. The van der Waals surface area contributed by atoms with Crippen molar-refractivity contribution < 1.29 is 24.6 Å². The van der Waals surface area contributed by atoms with Crippen LogP contribution in [0, 0.1) is 0 Å². The van der Waals surface area contributed by atoms with Crippen LogP contribution in [0.5, 0.6) is 0 Å². The molecule has 0 aromatic heterocycles. The average Bonchev–Trinajstić information content (AvgIpc) is 2.53. The summed E-state index contributed by atoms with van der Waals surface area (Å²) in [6.45, 7) is 0. The third-order valence-electron chi connectivity index (χ3n) is 3.32. The van der Waals surface area contributed by atoms with Crippen LogP contribution >= 0.6 is 0 Å². The number of ketones is 1. The number of amides is 1. The van der Waals surface area contributed by atoms with E-state index in [0.717, 1.165) is 0 Å². The van der Waals surface area contributed by atoms with Gasteiger partial charge in [0, 0.05) is 0 Å². The number of hydrogen-bond donors (Lipinski definition) is 3. The van der Waals surface area contributed by atoms with E-state index in [-0.39, 0.29) is 0 Å². The highest BCUT2D eigenvalue weighted by molar-refractivity contribution is 6.51. The molecule has 0 unspecified atom stereocenters. The number of anilines is 1. The summed E-state index contributed by atoms with van der Waals surface area (Å²) >= 11 is 0. The van der Waals surface area contributed by atoms with Gasteiger partial charge in [0.2, 0.25) is 0 Å². The number of nitrogens with one attached hydrogen (secondary N) is 1. The lowest BCUT2D eigenvalue weighted by Crippen LogP contribution is -2.12. The largest absolute Gasteiger partial charge is 0.503 e. The second kappa shape index (κ2) is 5.09. The van der Waals surface area contributed by atoms with Crippen molar-refractivity contribution in [2.24, 2.45) is 0 Å². The Morgan fingerprint density at radius 3 is 2.37 bits per heavy atom. The second-order valence-electron chi connectivity index (χ2n) is 4.50. The van der Waals surface area contributed by atoms with Crippen molar-refractivity contribution in [2.75, 3.05) is 5.32 Å². The third kappa shape index (κ3) is 2.73. The van der Waals surface area contributed by atoms with E-state index < -0.39 is 17.8 Å². The minimum Gasteiger partial charge on any atom is -0.450 e. The molecule has 1 heterocycles. The van der Waals surface area contributed by atoms with E-state index >= 15 is 0 Å². The third-order valence-corrected chi connectivity index (χ3v) is 3.32. The molecule has 1 saturated carbocycles. The maximum absolute atomic E-state index is 11.5. The van der Waals surface area contributed by atoms with Gasteiger partial charge in [-0.15, -0.1) is 0 Å². The minimum atomic E-state index is -1.83. The van der Waals surface area contributed by atoms with Gasteiger partial charge in [0.25, 0.3) is 11.7 Å². The number of hydrogen-bond acceptors (Lipinski definition) is 3. The molecule has 6 heteroatoms. The van der Waals surface area contributed by atoms with Crippen molar-refractivity contribution in [2.45, 2.75) is 25.2 Å². The Morgan fingerprint density at radius 1 is 1.21 bits per heavy atom. The summed E-state index contributed by atoms with van der Waals surface area (Å²) < 4.78 is 0. The first-order valence-corrected chi connectivity index (χ1v) is 5.90. The van der Waals surface area contributed by atoms with Crippen molar-refractivity contribution in [3.63, 3.8) is 0 Å². The lowest BCUT2D eigenvalue weighted by atomic mass is 9.79. The molecule has 1 aromatic carbocycles. The maximum atomic E-state index is 11.5. The average molecular weight is 263 g/mol. The quantitative estimate of drug-likeness (QED) is 0.674. The van der Waals surface area contributed by atoms with E-state index in [0.29, 0.717) is 17.2 Å². The molecule has 100 valence electrons. The molecule has 1 aliphatic carbocycles. The van der Waals surface area contributed by atoms with Gasteiger partial charge >= 0.3 is 6.16 Å². The predicted octanol–water partition coefficient (Wildman–Crippen LogP) is 2.31. The Bertz CT molecular complexity index is 544. The molecule has 3 rings (SSSR count). The predicted molar refractivity (Wildman–Crippen MR) is 66.6 cm³/mol. The molecule has 3 N–H and O–H groups in total. The molecule has 1 aromatic rings. The highest BCUT2D eigenvalue weighted by atomic mass is 16.6. The summed E-state index contributed by atoms with van der Waals surface area (Å²) in [5, 5.41) is 16.5. The van der Waals surface area contributed by atoms with Gasteiger partial charge in [-0.2, -0.15) is 0 Å². The molecular weight excluding hydrogens is 250 g/mol. The summed E-state index contributed by atoms with van der Waals surface area (Å²) in [6, 6.07) is 5.73. The Hall–Kier alpha value is -2.37. The number of benzene rings is 1. The molecule has 0 saturated heterocycles. The van der Waals surface area contributed by atoms with Gasteiger partial charge in [-0.1, -0.05) is 12.5 Å². The van der Waals surface area contributed by atoms with E-state index in [1.807, 2.05) is 18.2 Å². The molecular formula is C13H13NO5. The van der Waals surface area contributed by atoms with Crippen LogP contribution in [0.25, 0.3) is 0 Å². The monoisotopic (exact) mass is 263 g/mol. The van der Waals surface area contributed by atoms with Gasteiger partial charge in [-0.3, -0.25) is 9.59 Å². The number of carbonyl (C=O) groups is 3. The van der Waals surface area contributed by atoms with Crippen molar-refractivity contribution in [3.05, 3.63) is 29.3 Å². The van der Waals surface area contributed by atoms with Crippen LogP contribution in [0.4, 0.5) is 10.5 Å². The van der Waals surface area contributed by atoms with E-state index in [2.05, 4.69) is 5.32 Å². The number of Topliss-reactive ketones (excluding diaryl/α,β-unsaturated/α-hetero) is 1. The molecule has 19 heavy (non-hydrogen) atoms. The van der Waals surface area contributed by atoms with Crippen molar-refractivity contribution in [1.82, 2.24) is 0 Å². The summed E-state index contributed by atoms with van der Waals surface area (Å²) in [7, 11) is 0. The van der Waals surface area contributed by atoms with Gasteiger partial charge in [-0.05, 0) is 36.5 Å². The fourth-order valence-electron chi connectivity index (χ4n) is 2.16. The molecule has 0 radical (unpaired) electrons. The summed E-state index contributed by atoms with van der Waals surface area (Å²) in [4.78, 5) is 31.2. The maximum Gasteiger partial charge on any atom is 0.503 e. The topological polar surface area (TPSA) is 104 Å². The van der Waals surface area contributed by atoms with Gasteiger partial charge in [0.05, 0.1) is 11.3 Å².